The second kappa shape index (κ2) is 5.24. The molecule has 1 aromatic rings. The normalized spacial score (nSPS) is 11.3. The summed E-state index contributed by atoms with van der Waals surface area (Å²) in [6.45, 7) is 1.76. The van der Waals surface area contributed by atoms with Gasteiger partial charge in [0.1, 0.15) is 0 Å². The summed E-state index contributed by atoms with van der Waals surface area (Å²) >= 11 is 0. The summed E-state index contributed by atoms with van der Waals surface area (Å²) in [4.78, 5) is 0. The van der Waals surface area contributed by atoms with Gasteiger partial charge in [-0.05, 0) is 24.6 Å². The Morgan fingerprint density at radius 1 is 1.27 bits per heavy atom. The highest BCUT2D eigenvalue weighted by molar-refractivity contribution is 5.83. The minimum atomic E-state index is 0.594. The average molecular weight is 209 g/mol. The Hall–Kier alpha value is -1.71. The van der Waals surface area contributed by atoms with Crippen LogP contribution < -0.4 is 9.47 Å². The Labute approximate surface area is 89.1 Å². The third-order valence-corrected chi connectivity index (χ3v) is 2.08. The fourth-order valence-electron chi connectivity index (χ4n) is 1.32. The highest BCUT2D eigenvalue weighted by Gasteiger charge is 2.05. The van der Waals surface area contributed by atoms with E-state index in [0.29, 0.717) is 23.6 Å². The summed E-state index contributed by atoms with van der Waals surface area (Å²) in [5.41, 5.74) is 1.67. The van der Waals surface area contributed by atoms with Gasteiger partial charge in [-0.25, -0.2) is 0 Å². The van der Waals surface area contributed by atoms with E-state index in [9.17, 15) is 0 Å². The quantitative estimate of drug-likeness (QED) is 0.469. The Bertz CT molecular complexity index is 361. The lowest BCUT2D eigenvalue weighted by Crippen LogP contribution is -1.98. The first-order valence-corrected chi connectivity index (χ1v) is 4.59. The van der Waals surface area contributed by atoms with Crippen LogP contribution in [0.5, 0.6) is 11.5 Å². The predicted octanol–water partition coefficient (Wildman–Crippen LogP) is 2.10. The van der Waals surface area contributed by atoms with E-state index < -0.39 is 0 Å². The molecule has 0 amide bonds. The van der Waals surface area contributed by atoms with Crippen LogP contribution in [-0.2, 0) is 6.42 Å². The molecule has 0 heterocycles. The van der Waals surface area contributed by atoms with Gasteiger partial charge in [0.2, 0.25) is 0 Å². The van der Waals surface area contributed by atoms with Crippen LogP contribution in [0.2, 0.25) is 0 Å². The van der Waals surface area contributed by atoms with E-state index in [2.05, 4.69) is 5.16 Å². The van der Waals surface area contributed by atoms with E-state index in [0.717, 1.165) is 5.56 Å². The van der Waals surface area contributed by atoms with Gasteiger partial charge in [0.05, 0.1) is 19.9 Å². The lowest BCUT2D eigenvalue weighted by molar-refractivity contribution is 0.317. The minimum Gasteiger partial charge on any atom is -0.493 e. The highest BCUT2D eigenvalue weighted by Crippen LogP contribution is 2.27. The molecule has 0 saturated heterocycles. The van der Waals surface area contributed by atoms with Gasteiger partial charge < -0.3 is 14.7 Å². The molecule has 0 aliphatic heterocycles. The average Bonchev–Trinajstić information content (AvgIpc) is 2.28. The Balaban J connectivity index is 2.93. The van der Waals surface area contributed by atoms with Crippen LogP contribution in [-0.4, -0.2) is 25.1 Å². The number of rotatable bonds is 4. The molecule has 1 N–H and O–H groups in total. The second-order valence-corrected chi connectivity index (χ2v) is 3.20. The van der Waals surface area contributed by atoms with Crippen LogP contribution >= 0.6 is 0 Å². The molecule has 0 fully saturated rings. The number of hydrogen-bond donors (Lipinski definition) is 1. The van der Waals surface area contributed by atoms with Crippen molar-refractivity contribution in [3.05, 3.63) is 23.8 Å². The lowest BCUT2D eigenvalue weighted by Gasteiger charge is -2.08. The molecule has 15 heavy (non-hydrogen) atoms. The van der Waals surface area contributed by atoms with Crippen molar-refractivity contribution in [1.82, 2.24) is 0 Å². The maximum absolute atomic E-state index is 8.56. The van der Waals surface area contributed by atoms with Crippen LogP contribution in [0.25, 0.3) is 0 Å². The molecule has 1 rings (SSSR count). The fourth-order valence-corrected chi connectivity index (χ4v) is 1.32. The first-order chi connectivity index (χ1) is 7.21. The summed E-state index contributed by atoms with van der Waals surface area (Å²) in [6, 6.07) is 5.61. The molecular formula is C11H15NO3. The third-order valence-electron chi connectivity index (χ3n) is 2.08. The van der Waals surface area contributed by atoms with Crippen molar-refractivity contribution in [2.45, 2.75) is 13.3 Å². The monoisotopic (exact) mass is 209 g/mol. The van der Waals surface area contributed by atoms with E-state index in [1.54, 1.807) is 21.1 Å². The van der Waals surface area contributed by atoms with E-state index >= 15 is 0 Å². The number of oxime groups is 1. The molecule has 0 aliphatic rings. The molecule has 0 saturated carbocycles. The van der Waals surface area contributed by atoms with Gasteiger partial charge in [-0.2, -0.15) is 0 Å². The van der Waals surface area contributed by atoms with E-state index in [4.69, 9.17) is 14.7 Å². The first kappa shape index (κ1) is 11.4. The molecule has 0 bridgehead atoms. The minimum absolute atomic E-state index is 0.594. The highest BCUT2D eigenvalue weighted by atomic mass is 16.5. The molecule has 0 unspecified atom stereocenters. The number of hydrogen-bond acceptors (Lipinski definition) is 4. The molecule has 0 spiro atoms. The number of nitrogens with zero attached hydrogens (tertiary/aromatic N) is 1. The molecular weight excluding hydrogens is 194 g/mol. The maximum Gasteiger partial charge on any atom is 0.160 e. The predicted molar refractivity (Wildman–Crippen MR) is 58.1 cm³/mol. The van der Waals surface area contributed by atoms with Gasteiger partial charge >= 0.3 is 0 Å². The maximum atomic E-state index is 8.56. The first-order valence-electron chi connectivity index (χ1n) is 4.59. The van der Waals surface area contributed by atoms with Gasteiger partial charge in [0, 0.05) is 6.42 Å². The number of benzene rings is 1. The van der Waals surface area contributed by atoms with E-state index in [1.165, 1.54) is 0 Å². The largest absolute Gasteiger partial charge is 0.493 e. The molecule has 0 radical (unpaired) electrons. The van der Waals surface area contributed by atoms with E-state index in [-0.39, 0.29) is 0 Å². The molecule has 0 atom stereocenters. The summed E-state index contributed by atoms with van der Waals surface area (Å²) in [5.74, 6) is 1.38. The topological polar surface area (TPSA) is 51.0 Å². The van der Waals surface area contributed by atoms with Crippen molar-refractivity contribution < 1.29 is 14.7 Å². The third kappa shape index (κ3) is 2.87. The van der Waals surface area contributed by atoms with Crippen LogP contribution in [0.3, 0.4) is 0 Å². The number of methoxy groups -OCH3 is 2. The van der Waals surface area contributed by atoms with E-state index in [1.807, 2.05) is 18.2 Å². The molecule has 1 aromatic carbocycles. The van der Waals surface area contributed by atoms with Crippen molar-refractivity contribution >= 4 is 5.71 Å². The lowest BCUT2D eigenvalue weighted by atomic mass is 10.1. The number of ether oxygens (including phenoxy) is 2. The second-order valence-electron chi connectivity index (χ2n) is 3.20. The Morgan fingerprint density at radius 3 is 2.47 bits per heavy atom. The fraction of sp³-hybridized carbons (Fsp3) is 0.364. The summed E-state index contributed by atoms with van der Waals surface area (Å²) < 4.78 is 10.3. The van der Waals surface area contributed by atoms with Crippen molar-refractivity contribution in [3.63, 3.8) is 0 Å². The van der Waals surface area contributed by atoms with Gasteiger partial charge in [-0.1, -0.05) is 11.2 Å². The van der Waals surface area contributed by atoms with Gasteiger partial charge in [0.25, 0.3) is 0 Å². The zero-order valence-corrected chi connectivity index (χ0v) is 9.15. The van der Waals surface area contributed by atoms with Crippen LogP contribution in [0.1, 0.15) is 12.5 Å². The van der Waals surface area contributed by atoms with Crippen molar-refractivity contribution in [1.29, 1.82) is 0 Å². The van der Waals surface area contributed by atoms with Gasteiger partial charge in [0.15, 0.2) is 11.5 Å². The zero-order chi connectivity index (χ0) is 11.3. The van der Waals surface area contributed by atoms with Crippen LogP contribution in [0.4, 0.5) is 0 Å². The smallest absolute Gasteiger partial charge is 0.160 e. The summed E-state index contributed by atoms with van der Waals surface area (Å²) in [7, 11) is 3.19. The molecule has 0 aliphatic carbocycles. The van der Waals surface area contributed by atoms with Crippen molar-refractivity contribution in [3.8, 4) is 11.5 Å². The van der Waals surface area contributed by atoms with Gasteiger partial charge in [-0.15, -0.1) is 0 Å². The SMILES string of the molecule is COc1ccc(C/C(C)=N/O)cc1OC. The Kier molecular flexibility index (Phi) is 3.97. The van der Waals surface area contributed by atoms with Crippen LogP contribution in [0, 0.1) is 0 Å². The van der Waals surface area contributed by atoms with Crippen molar-refractivity contribution in [2.24, 2.45) is 5.16 Å². The van der Waals surface area contributed by atoms with Crippen molar-refractivity contribution in [2.75, 3.05) is 14.2 Å². The van der Waals surface area contributed by atoms with Crippen LogP contribution in [0.15, 0.2) is 23.4 Å². The zero-order valence-electron chi connectivity index (χ0n) is 9.15. The Morgan fingerprint density at radius 2 is 1.93 bits per heavy atom. The molecule has 4 nitrogen and oxygen atoms in total. The molecule has 4 heteroatoms. The molecule has 0 aromatic heterocycles. The van der Waals surface area contributed by atoms with Gasteiger partial charge in [-0.3, -0.25) is 0 Å². The molecule has 82 valence electrons. The summed E-state index contributed by atoms with van der Waals surface area (Å²) in [6.07, 6.45) is 0.594. The summed E-state index contributed by atoms with van der Waals surface area (Å²) in [5, 5.41) is 11.7. The standard InChI is InChI=1S/C11H15NO3/c1-8(12-13)6-9-4-5-10(14-2)11(7-9)15-3/h4-5,7,13H,6H2,1-3H3/b12-8+.